The summed E-state index contributed by atoms with van der Waals surface area (Å²) in [4.78, 5) is 21.7. The van der Waals surface area contributed by atoms with Crippen LogP contribution in [0, 0.1) is 11.6 Å². The second-order valence-corrected chi connectivity index (χ2v) is 8.02. The van der Waals surface area contributed by atoms with Gasteiger partial charge in [0.1, 0.15) is 17.5 Å². The van der Waals surface area contributed by atoms with Gasteiger partial charge in [-0.3, -0.25) is 4.79 Å². The third-order valence-electron chi connectivity index (χ3n) is 5.85. The minimum Gasteiger partial charge on any atom is -0.352 e. The van der Waals surface area contributed by atoms with Crippen LogP contribution >= 0.6 is 0 Å². The monoisotopic (exact) mass is 460 g/mol. The Labute approximate surface area is 195 Å². The topological polar surface area (TPSA) is 67.2 Å². The van der Waals surface area contributed by atoms with Gasteiger partial charge in [0.25, 0.3) is 0 Å². The maximum atomic E-state index is 13.5. The fourth-order valence-corrected chi connectivity index (χ4v) is 4.02. The molecule has 0 unspecified atom stereocenters. The molecule has 0 atom stereocenters. The summed E-state index contributed by atoms with van der Waals surface area (Å²) >= 11 is 0. The first-order chi connectivity index (χ1) is 16.6. The van der Waals surface area contributed by atoms with E-state index in [9.17, 15) is 13.6 Å². The molecule has 9 heteroatoms. The van der Waals surface area contributed by atoms with E-state index < -0.39 is 0 Å². The summed E-state index contributed by atoms with van der Waals surface area (Å²) in [6.45, 7) is 2.46. The number of imidazole rings is 1. The lowest BCUT2D eigenvalue weighted by atomic mass is 10.2. The molecular weight excluding hydrogens is 438 g/mol. The number of halogens is 2. The smallest absolute Gasteiger partial charge is 0.230 e. The number of aromatic nitrogens is 4. The summed E-state index contributed by atoms with van der Waals surface area (Å²) in [7, 11) is 0. The van der Waals surface area contributed by atoms with Crippen LogP contribution in [0.25, 0.3) is 16.9 Å². The Kier molecular flexibility index (Phi) is 5.99. The molecule has 7 nitrogen and oxygen atoms in total. The Morgan fingerprint density at radius 1 is 0.882 bits per heavy atom. The summed E-state index contributed by atoms with van der Waals surface area (Å²) in [5, 5.41) is 8.06. The van der Waals surface area contributed by atoms with Crippen molar-refractivity contribution < 1.29 is 13.6 Å². The van der Waals surface area contributed by atoms with E-state index in [4.69, 9.17) is 0 Å². The molecule has 1 fully saturated rings. The van der Waals surface area contributed by atoms with Gasteiger partial charge in [-0.25, -0.2) is 13.8 Å². The zero-order valence-corrected chi connectivity index (χ0v) is 18.3. The lowest BCUT2D eigenvalue weighted by Crippen LogP contribution is -2.49. The largest absolute Gasteiger partial charge is 0.352 e. The predicted molar refractivity (Wildman–Crippen MR) is 123 cm³/mol. The SMILES string of the molecule is O=C(Cc1nc(-c2ccc(F)cc2)cn1-c1ccc(F)cc1)N1CCN(c2cccnn2)CC1. The quantitative estimate of drug-likeness (QED) is 0.456. The lowest BCUT2D eigenvalue weighted by Gasteiger charge is -2.35. The van der Waals surface area contributed by atoms with E-state index in [1.165, 1.54) is 24.3 Å². The maximum Gasteiger partial charge on any atom is 0.230 e. The first-order valence-corrected chi connectivity index (χ1v) is 11.0. The molecule has 0 N–H and O–H groups in total. The molecule has 1 aliphatic heterocycles. The molecule has 172 valence electrons. The second kappa shape index (κ2) is 9.38. The average molecular weight is 460 g/mol. The van der Waals surface area contributed by atoms with Crippen LogP contribution in [-0.4, -0.2) is 56.7 Å². The molecule has 0 aliphatic carbocycles. The van der Waals surface area contributed by atoms with Crippen LogP contribution in [0.5, 0.6) is 0 Å². The van der Waals surface area contributed by atoms with E-state index in [-0.39, 0.29) is 24.0 Å². The fourth-order valence-electron chi connectivity index (χ4n) is 4.02. The zero-order valence-electron chi connectivity index (χ0n) is 18.3. The molecule has 3 heterocycles. The van der Waals surface area contributed by atoms with E-state index in [0.717, 1.165) is 11.4 Å². The molecule has 2 aromatic carbocycles. The molecule has 0 spiro atoms. The van der Waals surface area contributed by atoms with E-state index >= 15 is 0 Å². The number of hydrogen-bond donors (Lipinski definition) is 0. The van der Waals surface area contributed by atoms with E-state index in [1.54, 1.807) is 41.2 Å². The highest BCUT2D eigenvalue weighted by Gasteiger charge is 2.24. The maximum absolute atomic E-state index is 13.5. The van der Waals surface area contributed by atoms with Gasteiger partial charge in [-0.15, -0.1) is 5.10 Å². The highest BCUT2D eigenvalue weighted by Crippen LogP contribution is 2.23. The summed E-state index contributed by atoms with van der Waals surface area (Å²) in [5.41, 5.74) is 2.03. The fraction of sp³-hybridized carbons (Fsp3) is 0.200. The molecular formula is C25H22F2N6O. The van der Waals surface area contributed by atoms with Gasteiger partial charge in [0.05, 0.1) is 12.1 Å². The van der Waals surface area contributed by atoms with E-state index in [0.29, 0.717) is 43.4 Å². The molecule has 1 saturated heterocycles. The van der Waals surface area contributed by atoms with Gasteiger partial charge in [-0.2, -0.15) is 5.10 Å². The normalized spacial score (nSPS) is 13.8. The van der Waals surface area contributed by atoms with Crippen LogP contribution in [0.4, 0.5) is 14.6 Å². The minimum atomic E-state index is -0.346. The summed E-state index contributed by atoms with van der Waals surface area (Å²) in [6.07, 6.45) is 3.51. The van der Waals surface area contributed by atoms with Crippen LogP contribution in [0.15, 0.2) is 73.1 Å². The van der Waals surface area contributed by atoms with Crippen molar-refractivity contribution in [2.24, 2.45) is 0 Å². The molecule has 0 saturated carbocycles. The number of rotatable bonds is 5. The third kappa shape index (κ3) is 4.63. The highest BCUT2D eigenvalue weighted by atomic mass is 19.1. The average Bonchev–Trinajstić information content (AvgIpc) is 3.29. The second-order valence-electron chi connectivity index (χ2n) is 8.02. The van der Waals surface area contributed by atoms with Crippen molar-refractivity contribution >= 4 is 11.7 Å². The molecule has 0 radical (unpaired) electrons. The lowest BCUT2D eigenvalue weighted by molar-refractivity contribution is -0.130. The van der Waals surface area contributed by atoms with E-state index in [1.807, 2.05) is 17.0 Å². The molecule has 4 aromatic rings. The van der Waals surface area contributed by atoms with E-state index in [2.05, 4.69) is 20.1 Å². The number of amides is 1. The van der Waals surface area contributed by atoms with Crippen molar-refractivity contribution in [3.05, 3.63) is 90.5 Å². The molecule has 1 aliphatic rings. The van der Waals surface area contributed by atoms with Crippen molar-refractivity contribution in [1.82, 2.24) is 24.6 Å². The highest BCUT2D eigenvalue weighted by molar-refractivity contribution is 5.79. The van der Waals surface area contributed by atoms with Crippen molar-refractivity contribution in [3.8, 4) is 16.9 Å². The van der Waals surface area contributed by atoms with Crippen molar-refractivity contribution in [1.29, 1.82) is 0 Å². The summed E-state index contributed by atoms with van der Waals surface area (Å²) in [6, 6.07) is 15.8. The van der Waals surface area contributed by atoms with Crippen LogP contribution in [0.2, 0.25) is 0 Å². The Morgan fingerprint density at radius 2 is 1.56 bits per heavy atom. The van der Waals surface area contributed by atoms with Gasteiger partial charge in [0, 0.05) is 49.8 Å². The molecule has 2 aromatic heterocycles. The van der Waals surface area contributed by atoms with Gasteiger partial charge < -0.3 is 14.4 Å². The van der Waals surface area contributed by atoms with Crippen LogP contribution in [-0.2, 0) is 11.2 Å². The van der Waals surface area contributed by atoms with Gasteiger partial charge in [0.2, 0.25) is 5.91 Å². The Balaban J connectivity index is 1.36. The zero-order chi connectivity index (χ0) is 23.5. The van der Waals surface area contributed by atoms with Gasteiger partial charge >= 0.3 is 0 Å². The molecule has 0 bridgehead atoms. The number of anilines is 1. The van der Waals surface area contributed by atoms with Gasteiger partial charge in [-0.1, -0.05) is 0 Å². The molecule has 1 amide bonds. The Morgan fingerprint density at radius 3 is 2.21 bits per heavy atom. The Hall–Kier alpha value is -4.14. The van der Waals surface area contributed by atoms with Gasteiger partial charge in [0.15, 0.2) is 5.82 Å². The van der Waals surface area contributed by atoms with Crippen molar-refractivity contribution in [3.63, 3.8) is 0 Å². The number of carbonyl (C=O) groups excluding carboxylic acids is 1. The van der Waals surface area contributed by atoms with Crippen molar-refractivity contribution in [2.75, 3.05) is 31.1 Å². The number of piperazine rings is 1. The summed E-state index contributed by atoms with van der Waals surface area (Å²) in [5.74, 6) is 0.607. The minimum absolute atomic E-state index is 0.0431. The first kappa shape index (κ1) is 21.7. The number of carbonyl (C=O) groups is 1. The number of nitrogens with zero attached hydrogens (tertiary/aromatic N) is 6. The third-order valence-corrected chi connectivity index (χ3v) is 5.85. The molecule has 34 heavy (non-hydrogen) atoms. The van der Waals surface area contributed by atoms with Crippen LogP contribution in [0.1, 0.15) is 5.82 Å². The van der Waals surface area contributed by atoms with Crippen LogP contribution < -0.4 is 4.90 Å². The predicted octanol–water partition coefficient (Wildman–Crippen LogP) is 3.50. The van der Waals surface area contributed by atoms with Gasteiger partial charge in [-0.05, 0) is 60.7 Å². The Bertz CT molecular complexity index is 1270. The molecule has 5 rings (SSSR count). The number of hydrogen-bond acceptors (Lipinski definition) is 5. The summed E-state index contributed by atoms with van der Waals surface area (Å²) < 4.78 is 28.6. The van der Waals surface area contributed by atoms with Crippen LogP contribution in [0.3, 0.4) is 0 Å². The standard InChI is InChI=1S/C25H22F2N6O/c26-19-5-3-18(4-6-19)22-17-33(21-9-7-20(27)8-10-21)24(29-22)16-25(34)32-14-12-31(13-15-32)23-2-1-11-28-30-23/h1-11,17H,12-16H2. The number of benzene rings is 2. The van der Waals surface area contributed by atoms with Crippen molar-refractivity contribution in [2.45, 2.75) is 6.42 Å². The first-order valence-electron chi connectivity index (χ1n) is 11.0.